The average molecular weight is 426 g/mol. The number of nitro groups is 1. The molecule has 0 unspecified atom stereocenters. The lowest BCUT2D eigenvalue weighted by molar-refractivity contribution is -0.384. The molecule has 9 heteroatoms. The van der Waals surface area contributed by atoms with E-state index in [0.717, 1.165) is 11.1 Å². The summed E-state index contributed by atoms with van der Waals surface area (Å²) in [5.41, 5.74) is 3.12. The van der Waals surface area contributed by atoms with Gasteiger partial charge in [-0.1, -0.05) is 30.3 Å². The van der Waals surface area contributed by atoms with Crippen LogP contribution in [0.15, 0.2) is 65.1 Å². The molecule has 0 spiro atoms. The molecule has 0 atom stereocenters. The van der Waals surface area contributed by atoms with E-state index in [1.54, 1.807) is 24.3 Å². The Morgan fingerprint density at radius 1 is 0.938 bits per heavy atom. The minimum atomic E-state index is -0.421. The molecule has 32 heavy (non-hydrogen) atoms. The van der Waals surface area contributed by atoms with Crippen molar-refractivity contribution in [1.82, 2.24) is 9.97 Å². The van der Waals surface area contributed by atoms with Crippen LogP contribution < -0.4 is 9.80 Å². The monoisotopic (exact) mass is 426 g/mol. The molecule has 0 saturated carbocycles. The Morgan fingerprint density at radius 3 is 2.41 bits per heavy atom. The number of hydrogen-bond acceptors (Lipinski definition) is 8. The first-order valence-electron chi connectivity index (χ1n) is 10.1. The first-order chi connectivity index (χ1) is 15.6. The van der Waals surface area contributed by atoms with Gasteiger partial charge in [0.1, 0.15) is 5.52 Å². The fourth-order valence-corrected chi connectivity index (χ4v) is 3.88. The van der Waals surface area contributed by atoms with Crippen LogP contribution in [0.5, 0.6) is 0 Å². The molecule has 1 fully saturated rings. The third kappa shape index (κ3) is 3.48. The van der Waals surface area contributed by atoms with E-state index in [9.17, 15) is 15.4 Å². The summed E-state index contributed by atoms with van der Waals surface area (Å²) in [6.45, 7) is 2.22. The Hall–Kier alpha value is -4.45. The Morgan fingerprint density at radius 2 is 1.66 bits per heavy atom. The van der Waals surface area contributed by atoms with Crippen LogP contribution in [0.4, 0.5) is 17.5 Å². The largest absolute Gasteiger partial charge is 0.423 e. The van der Waals surface area contributed by atoms with Crippen molar-refractivity contribution < 1.29 is 9.34 Å². The van der Waals surface area contributed by atoms with Crippen LogP contribution >= 0.6 is 0 Å². The van der Waals surface area contributed by atoms with Crippen LogP contribution in [0.3, 0.4) is 0 Å². The van der Waals surface area contributed by atoms with Crippen LogP contribution in [-0.2, 0) is 0 Å². The summed E-state index contributed by atoms with van der Waals surface area (Å²) in [5.74, 6) is 0.303. The molecule has 9 nitrogen and oxygen atoms in total. The first-order valence-corrected chi connectivity index (χ1v) is 10.1. The molecular weight excluding hydrogens is 408 g/mol. The minimum Gasteiger partial charge on any atom is -0.423 e. The molecule has 0 bridgehead atoms. The number of benzene rings is 2. The standard InChI is InChI=1S/C23H18N6O3/c24-15-16-5-1-2-6-17(16)18-9-10-20(29(30)31)22(25-18)27-11-13-28(14-12-27)23-26-19-7-3-4-8-21(19)32-23/h1-10H,11-14H2. The van der Waals surface area contributed by atoms with E-state index in [2.05, 4.69) is 16.0 Å². The predicted octanol–water partition coefficient (Wildman–Crippen LogP) is 4.00. The SMILES string of the molecule is N#Cc1ccccc1-c1ccc([N+](=O)[O-])c(N2CCN(c3nc4ccccc4o3)CC2)n1. The van der Waals surface area contributed by atoms with Crippen molar-refractivity contribution >= 4 is 28.6 Å². The third-order valence-corrected chi connectivity index (χ3v) is 5.51. The molecular formula is C23H18N6O3. The quantitative estimate of drug-likeness (QED) is 0.356. The average Bonchev–Trinajstić information content (AvgIpc) is 3.28. The highest BCUT2D eigenvalue weighted by Crippen LogP contribution is 2.32. The highest BCUT2D eigenvalue weighted by Gasteiger charge is 2.27. The minimum absolute atomic E-state index is 0.0569. The molecule has 3 heterocycles. The fraction of sp³-hybridized carbons (Fsp3) is 0.174. The van der Waals surface area contributed by atoms with Crippen LogP contribution in [0.1, 0.15) is 5.56 Å². The van der Waals surface area contributed by atoms with Gasteiger partial charge in [0.2, 0.25) is 5.82 Å². The number of hydrogen-bond donors (Lipinski definition) is 0. The van der Waals surface area contributed by atoms with Gasteiger partial charge in [0.05, 0.1) is 22.2 Å². The van der Waals surface area contributed by atoms with E-state index < -0.39 is 4.92 Å². The number of nitriles is 1. The van der Waals surface area contributed by atoms with Gasteiger partial charge in [-0.05, 0) is 24.3 Å². The van der Waals surface area contributed by atoms with Gasteiger partial charge < -0.3 is 14.2 Å². The molecule has 1 aliphatic heterocycles. The maximum atomic E-state index is 11.7. The lowest BCUT2D eigenvalue weighted by Gasteiger charge is -2.34. The van der Waals surface area contributed by atoms with Crippen molar-refractivity contribution in [3.05, 3.63) is 76.3 Å². The van der Waals surface area contributed by atoms with Crippen molar-refractivity contribution in [1.29, 1.82) is 5.26 Å². The molecule has 5 rings (SSSR count). The summed E-state index contributed by atoms with van der Waals surface area (Å²) < 4.78 is 5.85. The molecule has 2 aromatic carbocycles. The van der Waals surface area contributed by atoms with Crippen molar-refractivity contribution in [3.63, 3.8) is 0 Å². The summed E-state index contributed by atoms with van der Waals surface area (Å²) >= 11 is 0. The lowest BCUT2D eigenvalue weighted by Crippen LogP contribution is -2.47. The number of oxazole rings is 1. The highest BCUT2D eigenvalue weighted by atomic mass is 16.6. The lowest BCUT2D eigenvalue weighted by atomic mass is 10.0. The third-order valence-electron chi connectivity index (χ3n) is 5.51. The van der Waals surface area contributed by atoms with Crippen molar-refractivity contribution in [2.75, 3.05) is 36.0 Å². The molecule has 0 aliphatic carbocycles. The van der Waals surface area contributed by atoms with E-state index in [1.165, 1.54) is 6.07 Å². The molecule has 0 N–H and O–H groups in total. The van der Waals surface area contributed by atoms with Crippen molar-refractivity contribution in [3.8, 4) is 17.3 Å². The van der Waals surface area contributed by atoms with E-state index >= 15 is 0 Å². The van der Waals surface area contributed by atoms with E-state index in [0.29, 0.717) is 54.8 Å². The van der Waals surface area contributed by atoms with E-state index in [4.69, 9.17) is 4.42 Å². The summed E-state index contributed by atoms with van der Waals surface area (Å²) in [6, 6.07) is 20.4. The fourth-order valence-electron chi connectivity index (χ4n) is 3.88. The van der Waals surface area contributed by atoms with Gasteiger partial charge in [-0.25, -0.2) is 4.98 Å². The normalized spacial score (nSPS) is 13.8. The van der Waals surface area contributed by atoms with Crippen LogP contribution in [-0.4, -0.2) is 41.1 Å². The smallest absolute Gasteiger partial charge is 0.311 e. The number of piperazine rings is 1. The number of rotatable bonds is 4. The Balaban J connectivity index is 1.43. The number of fused-ring (bicyclic) bond motifs is 1. The number of aromatic nitrogens is 2. The van der Waals surface area contributed by atoms with Crippen LogP contribution in [0, 0.1) is 21.4 Å². The first kappa shape index (κ1) is 19.5. The van der Waals surface area contributed by atoms with Gasteiger partial charge in [0.25, 0.3) is 6.01 Å². The van der Waals surface area contributed by atoms with Crippen LogP contribution in [0.25, 0.3) is 22.4 Å². The number of nitrogens with zero attached hydrogens (tertiary/aromatic N) is 6. The van der Waals surface area contributed by atoms with Gasteiger partial charge in [0, 0.05) is 37.8 Å². The van der Waals surface area contributed by atoms with Gasteiger partial charge in [-0.2, -0.15) is 10.2 Å². The second kappa shape index (κ2) is 8.00. The Kier molecular flexibility index (Phi) is 4.88. The summed E-state index contributed by atoms with van der Waals surface area (Å²) in [7, 11) is 0. The maximum absolute atomic E-state index is 11.7. The summed E-state index contributed by atoms with van der Waals surface area (Å²) in [5, 5.41) is 21.1. The second-order valence-corrected chi connectivity index (χ2v) is 7.39. The van der Waals surface area contributed by atoms with Crippen LogP contribution in [0.2, 0.25) is 0 Å². The Bertz CT molecular complexity index is 1320. The molecule has 2 aromatic heterocycles. The zero-order chi connectivity index (χ0) is 22.1. The zero-order valence-electron chi connectivity index (χ0n) is 17.0. The molecule has 1 saturated heterocycles. The topological polar surface area (TPSA) is 112 Å². The second-order valence-electron chi connectivity index (χ2n) is 7.39. The predicted molar refractivity (Wildman–Crippen MR) is 119 cm³/mol. The van der Waals surface area contributed by atoms with Gasteiger partial charge in [-0.15, -0.1) is 0 Å². The molecule has 4 aromatic rings. The molecule has 0 radical (unpaired) electrons. The van der Waals surface area contributed by atoms with E-state index in [-0.39, 0.29) is 5.69 Å². The van der Waals surface area contributed by atoms with Gasteiger partial charge in [0.15, 0.2) is 5.58 Å². The molecule has 158 valence electrons. The number of anilines is 2. The number of pyridine rings is 1. The maximum Gasteiger partial charge on any atom is 0.311 e. The summed E-state index contributed by atoms with van der Waals surface area (Å²) in [6.07, 6.45) is 0. The van der Waals surface area contributed by atoms with Crippen molar-refractivity contribution in [2.24, 2.45) is 0 Å². The molecule has 1 aliphatic rings. The van der Waals surface area contributed by atoms with Gasteiger partial charge in [-0.3, -0.25) is 10.1 Å². The van der Waals surface area contributed by atoms with E-state index in [1.807, 2.05) is 40.1 Å². The van der Waals surface area contributed by atoms with Gasteiger partial charge >= 0.3 is 5.69 Å². The zero-order valence-corrected chi connectivity index (χ0v) is 17.0. The summed E-state index contributed by atoms with van der Waals surface area (Å²) in [4.78, 5) is 24.3. The van der Waals surface area contributed by atoms with Crippen molar-refractivity contribution in [2.45, 2.75) is 0 Å². The number of para-hydroxylation sites is 2. The highest BCUT2D eigenvalue weighted by molar-refractivity contribution is 5.75. The molecule has 0 amide bonds. The Labute approximate surface area is 183 Å².